The zero-order chi connectivity index (χ0) is 15.2. The van der Waals surface area contributed by atoms with Gasteiger partial charge in [0.1, 0.15) is 0 Å². The van der Waals surface area contributed by atoms with Crippen LogP contribution in [0.2, 0.25) is 0 Å². The highest BCUT2D eigenvalue weighted by molar-refractivity contribution is 5.66. The van der Waals surface area contributed by atoms with Crippen LogP contribution in [0.3, 0.4) is 0 Å². The summed E-state index contributed by atoms with van der Waals surface area (Å²) in [6.45, 7) is 9.26. The van der Waals surface area contributed by atoms with Crippen molar-refractivity contribution in [3.05, 3.63) is 11.9 Å². The molecule has 0 radical (unpaired) electrons. The van der Waals surface area contributed by atoms with Gasteiger partial charge in [0, 0.05) is 25.1 Å². The molecule has 1 N–H and O–H groups in total. The monoisotopic (exact) mass is 283 g/mol. The number of aromatic nitrogens is 3. The van der Waals surface area contributed by atoms with Crippen molar-refractivity contribution in [3.63, 3.8) is 0 Å². The van der Waals surface area contributed by atoms with E-state index in [1.165, 1.54) is 0 Å². The Morgan fingerprint density at radius 2 is 2.25 bits per heavy atom. The van der Waals surface area contributed by atoms with Crippen LogP contribution in [0.5, 0.6) is 0 Å². The molecule has 114 valence electrons. The van der Waals surface area contributed by atoms with Crippen LogP contribution in [-0.2, 0) is 16.1 Å². The van der Waals surface area contributed by atoms with Crippen LogP contribution in [0.4, 0.5) is 0 Å². The Morgan fingerprint density at radius 1 is 1.55 bits per heavy atom. The number of carboxylic acid groups (broad SMARTS) is 1. The van der Waals surface area contributed by atoms with Gasteiger partial charge >= 0.3 is 5.97 Å². The first-order chi connectivity index (χ1) is 9.32. The molecule has 1 aromatic heterocycles. The van der Waals surface area contributed by atoms with Crippen molar-refractivity contribution >= 4 is 5.97 Å². The van der Waals surface area contributed by atoms with E-state index in [1.54, 1.807) is 0 Å². The molecular weight excluding hydrogens is 258 g/mol. The number of hydrogen-bond donors (Lipinski definition) is 1. The second-order valence-corrected chi connectivity index (χ2v) is 5.82. The summed E-state index contributed by atoms with van der Waals surface area (Å²) in [5.41, 5.74) is 0.493. The van der Waals surface area contributed by atoms with Crippen molar-refractivity contribution in [1.82, 2.24) is 15.0 Å². The smallest absolute Gasteiger partial charge is 0.303 e. The average molecular weight is 283 g/mol. The van der Waals surface area contributed by atoms with E-state index in [-0.39, 0.29) is 6.42 Å². The van der Waals surface area contributed by atoms with Crippen molar-refractivity contribution in [1.29, 1.82) is 0 Å². The topological polar surface area (TPSA) is 77.2 Å². The molecule has 0 saturated carbocycles. The van der Waals surface area contributed by atoms with Gasteiger partial charge in [0.25, 0.3) is 0 Å². The maximum absolute atomic E-state index is 10.6. The summed E-state index contributed by atoms with van der Waals surface area (Å²) in [6.07, 6.45) is 3.54. The minimum absolute atomic E-state index is 0.131. The number of ether oxygens (including phenoxy) is 1. The normalized spacial score (nSPS) is 13.4. The van der Waals surface area contributed by atoms with Crippen LogP contribution in [0.15, 0.2) is 6.20 Å². The lowest BCUT2D eigenvalue weighted by molar-refractivity contribution is -0.139. The van der Waals surface area contributed by atoms with Crippen LogP contribution in [0.1, 0.15) is 45.7 Å². The Labute approximate surface area is 120 Å². The molecule has 0 saturated heterocycles. The maximum Gasteiger partial charge on any atom is 0.303 e. The van der Waals surface area contributed by atoms with Crippen LogP contribution >= 0.6 is 0 Å². The van der Waals surface area contributed by atoms with Crippen molar-refractivity contribution < 1.29 is 14.6 Å². The molecule has 0 bridgehead atoms. The summed E-state index contributed by atoms with van der Waals surface area (Å²) in [6, 6.07) is 0. The number of hydrogen-bond acceptors (Lipinski definition) is 4. The first-order valence-corrected chi connectivity index (χ1v) is 7.05. The van der Waals surface area contributed by atoms with Gasteiger partial charge in [-0.05, 0) is 33.6 Å². The molecule has 1 aromatic rings. The van der Waals surface area contributed by atoms with E-state index in [0.29, 0.717) is 18.9 Å². The molecule has 6 heteroatoms. The lowest BCUT2D eigenvalue weighted by Gasteiger charge is -2.27. The fourth-order valence-corrected chi connectivity index (χ4v) is 1.87. The van der Waals surface area contributed by atoms with Crippen LogP contribution in [-0.4, -0.2) is 38.3 Å². The summed E-state index contributed by atoms with van der Waals surface area (Å²) in [4.78, 5) is 10.6. The molecule has 1 rings (SSSR count). The molecule has 1 heterocycles. The highest BCUT2D eigenvalue weighted by Crippen LogP contribution is 2.19. The number of carbonyl (C=O) groups is 1. The summed E-state index contributed by atoms with van der Waals surface area (Å²) in [5, 5.41) is 16.7. The van der Waals surface area contributed by atoms with Gasteiger partial charge in [-0.25, -0.2) is 0 Å². The van der Waals surface area contributed by atoms with Gasteiger partial charge in [-0.2, -0.15) is 0 Å². The van der Waals surface area contributed by atoms with Gasteiger partial charge in [-0.1, -0.05) is 12.1 Å². The Kier molecular flexibility index (Phi) is 6.13. The van der Waals surface area contributed by atoms with Crippen LogP contribution in [0, 0.1) is 12.8 Å². The molecule has 0 amide bonds. The highest BCUT2D eigenvalue weighted by atomic mass is 16.5. The predicted molar refractivity (Wildman–Crippen MR) is 75.4 cm³/mol. The first-order valence-electron chi connectivity index (χ1n) is 7.05. The van der Waals surface area contributed by atoms with E-state index in [0.717, 1.165) is 18.7 Å². The number of carboxylic acids is 1. The molecule has 6 nitrogen and oxygen atoms in total. The molecule has 0 aromatic carbocycles. The molecule has 0 aliphatic carbocycles. The third kappa shape index (κ3) is 6.14. The van der Waals surface area contributed by atoms with E-state index in [1.807, 2.05) is 31.6 Å². The quantitative estimate of drug-likeness (QED) is 0.752. The number of aliphatic carboxylic acids is 1. The van der Waals surface area contributed by atoms with Gasteiger partial charge in [-0.15, -0.1) is 5.10 Å². The Bertz CT molecular complexity index is 429. The highest BCUT2D eigenvalue weighted by Gasteiger charge is 2.21. The minimum Gasteiger partial charge on any atom is -0.481 e. The van der Waals surface area contributed by atoms with E-state index < -0.39 is 11.6 Å². The first kappa shape index (κ1) is 16.6. The minimum atomic E-state index is -0.785. The molecular formula is C14H25N3O3. The van der Waals surface area contributed by atoms with Crippen molar-refractivity contribution in [2.24, 2.45) is 5.92 Å². The molecule has 0 spiro atoms. The molecule has 0 aliphatic rings. The second kappa shape index (κ2) is 7.38. The van der Waals surface area contributed by atoms with E-state index >= 15 is 0 Å². The maximum atomic E-state index is 10.6. The van der Waals surface area contributed by atoms with Crippen molar-refractivity contribution in [2.75, 3.05) is 6.61 Å². The van der Waals surface area contributed by atoms with Gasteiger partial charge in [0.2, 0.25) is 0 Å². The van der Waals surface area contributed by atoms with Crippen molar-refractivity contribution in [2.45, 2.75) is 59.1 Å². The van der Waals surface area contributed by atoms with Crippen LogP contribution in [0.25, 0.3) is 0 Å². The Hall–Kier alpha value is -1.43. The Morgan fingerprint density at radius 3 is 2.75 bits per heavy atom. The fourth-order valence-electron chi connectivity index (χ4n) is 1.87. The largest absolute Gasteiger partial charge is 0.481 e. The lowest BCUT2D eigenvalue weighted by Crippen LogP contribution is -2.29. The van der Waals surface area contributed by atoms with Gasteiger partial charge < -0.3 is 9.84 Å². The fraction of sp³-hybridized carbons (Fsp3) is 0.786. The molecule has 1 unspecified atom stereocenters. The summed E-state index contributed by atoms with van der Waals surface area (Å²) >= 11 is 0. The zero-order valence-corrected chi connectivity index (χ0v) is 12.8. The molecule has 0 aliphatic heterocycles. The summed E-state index contributed by atoms with van der Waals surface area (Å²) in [7, 11) is 0. The zero-order valence-electron chi connectivity index (χ0n) is 12.8. The standard InChI is InChI=1S/C14H25N3O3/c1-5-12(9-17-8-11(2)15-16-17)10-20-14(3,4)7-6-13(18)19/h8,12H,5-7,9-10H2,1-4H3,(H,18,19). The lowest BCUT2D eigenvalue weighted by atomic mass is 10.0. The van der Waals surface area contributed by atoms with Gasteiger partial charge in [0.05, 0.1) is 17.9 Å². The third-order valence-electron chi connectivity index (χ3n) is 3.33. The number of rotatable bonds is 9. The van der Waals surface area contributed by atoms with E-state index in [4.69, 9.17) is 9.84 Å². The summed E-state index contributed by atoms with van der Waals surface area (Å²) < 4.78 is 7.72. The van der Waals surface area contributed by atoms with Gasteiger partial charge in [0.15, 0.2) is 0 Å². The average Bonchev–Trinajstić information content (AvgIpc) is 2.78. The second-order valence-electron chi connectivity index (χ2n) is 5.82. The van der Waals surface area contributed by atoms with E-state index in [2.05, 4.69) is 17.2 Å². The molecule has 20 heavy (non-hydrogen) atoms. The molecule has 1 atom stereocenters. The van der Waals surface area contributed by atoms with Crippen LogP contribution < -0.4 is 0 Å². The van der Waals surface area contributed by atoms with Gasteiger partial charge in [-0.3, -0.25) is 9.48 Å². The SMILES string of the molecule is CCC(COC(C)(C)CCC(=O)O)Cn1cc(C)nn1. The summed E-state index contributed by atoms with van der Waals surface area (Å²) in [5.74, 6) is -0.438. The number of nitrogens with zero attached hydrogens (tertiary/aromatic N) is 3. The Balaban J connectivity index is 2.42. The number of aryl methyl sites for hydroxylation is 1. The van der Waals surface area contributed by atoms with E-state index in [9.17, 15) is 4.79 Å². The predicted octanol–water partition coefficient (Wildman–Crippen LogP) is 2.27. The molecule has 0 fully saturated rings. The third-order valence-corrected chi connectivity index (χ3v) is 3.33. The van der Waals surface area contributed by atoms with Crippen molar-refractivity contribution in [3.8, 4) is 0 Å².